The van der Waals surface area contributed by atoms with Crippen LogP contribution in [0.15, 0.2) is 36.9 Å². The first kappa shape index (κ1) is 12.8. The molecule has 2 heteroatoms. The number of benzene rings is 1. The van der Waals surface area contributed by atoms with Crippen LogP contribution in [0.3, 0.4) is 0 Å². The van der Waals surface area contributed by atoms with E-state index in [1.54, 1.807) is 7.11 Å². The van der Waals surface area contributed by atoms with Crippen LogP contribution in [0.2, 0.25) is 0 Å². The van der Waals surface area contributed by atoms with Crippen molar-refractivity contribution in [2.24, 2.45) is 0 Å². The van der Waals surface area contributed by atoms with Gasteiger partial charge in [-0.3, -0.25) is 0 Å². The number of likely N-dealkylation sites (N-methyl/N-ethyl adjacent to an activating group) is 1. The quantitative estimate of drug-likeness (QED) is 0.712. The van der Waals surface area contributed by atoms with E-state index in [9.17, 15) is 0 Å². The number of nitrogens with one attached hydrogen (secondary N) is 1. The fourth-order valence-electron chi connectivity index (χ4n) is 1.81. The Morgan fingerprint density at radius 3 is 2.94 bits per heavy atom. The SMILES string of the molecule is C=CCC(Cc1cccc(OC)c1)NCC. The first-order valence-electron chi connectivity index (χ1n) is 5.77. The molecule has 1 aromatic rings. The van der Waals surface area contributed by atoms with E-state index in [0.717, 1.165) is 25.1 Å². The van der Waals surface area contributed by atoms with Crippen molar-refractivity contribution in [2.75, 3.05) is 13.7 Å². The molecule has 0 spiro atoms. The monoisotopic (exact) mass is 219 g/mol. The summed E-state index contributed by atoms with van der Waals surface area (Å²) in [5, 5.41) is 3.46. The molecule has 0 aliphatic heterocycles. The summed E-state index contributed by atoms with van der Waals surface area (Å²) in [6.45, 7) is 6.91. The number of hydrogen-bond acceptors (Lipinski definition) is 2. The van der Waals surface area contributed by atoms with Gasteiger partial charge in [0.2, 0.25) is 0 Å². The Hall–Kier alpha value is -1.28. The number of ether oxygens (including phenoxy) is 1. The zero-order valence-electron chi connectivity index (χ0n) is 10.2. The highest BCUT2D eigenvalue weighted by Gasteiger charge is 2.06. The minimum atomic E-state index is 0.467. The van der Waals surface area contributed by atoms with Gasteiger partial charge in [0, 0.05) is 6.04 Å². The summed E-state index contributed by atoms with van der Waals surface area (Å²) in [4.78, 5) is 0. The van der Waals surface area contributed by atoms with Crippen molar-refractivity contribution in [1.29, 1.82) is 0 Å². The first-order chi connectivity index (χ1) is 7.80. The Balaban J connectivity index is 2.64. The number of methoxy groups -OCH3 is 1. The van der Waals surface area contributed by atoms with Gasteiger partial charge >= 0.3 is 0 Å². The highest BCUT2D eigenvalue weighted by Crippen LogP contribution is 2.14. The molecule has 0 aliphatic rings. The Morgan fingerprint density at radius 1 is 1.50 bits per heavy atom. The van der Waals surface area contributed by atoms with Crippen LogP contribution >= 0.6 is 0 Å². The van der Waals surface area contributed by atoms with Crippen molar-refractivity contribution in [3.63, 3.8) is 0 Å². The van der Waals surface area contributed by atoms with Gasteiger partial charge in [-0.15, -0.1) is 6.58 Å². The molecular formula is C14H21NO. The predicted octanol–water partition coefficient (Wildman–Crippen LogP) is 2.79. The standard InChI is InChI=1S/C14H21NO/c1-4-7-13(15-5-2)10-12-8-6-9-14(11-12)16-3/h4,6,8-9,11,13,15H,1,5,7,10H2,2-3H3. The molecule has 0 aromatic heterocycles. The largest absolute Gasteiger partial charge is 0.497 e. The average molecular weight is 219 g/mol. The number of rotatable bonds is 7. The van der Waals surface area contributed by atoms with Crippen LogP contribution in [-0.2, 0) is 6.42 Å². The van der Waals surface area contributed by atoms with E-state index in [2.05, 4.69) is 31.0 Å². The third kappa shape index (κ3) is 4.07. The van der Waals surface area contributed by atoms with E-state index in [4.69, 9.17) is 4.74 Å². The summed E-state index contributed by atoms with van der Waals surface area (Å²) in [5.74, 6) is 0.923. The Labute approximate surface area is 98.3 Å². The molecule has 0 saturated heterocycles. The molecule has 1 atom stereocenters. The van der Waals surface area contributed by atoms with Gasteiger partial charge in [0.05, 0.1) is 7.11 Å². The van der Waals surface area contributed by atoms with Gasteiger partial charge in [-0.1, -0.05) is 25.1 Å². The number of hydrogen-bond donors (Lipinski definition) is 1. The highest BCUT2D eigenvalue weighted by molar-refractivity contribution is 5.29. The first-order valence-corrected chi connectivity index (χ1v) is 5.77. The van der Waals surface area contributed by atoms with Crippen LogP contribution in [0, 0.1) is 0 Å². The Morgan fingerprint density at radius 2 is 2.31 bits per heavy atom. The third-order valence-corrected chi connectivity index (χ3v) is 2.56. The van der Waals surface area contributed by atoms with Crippen LogP contribution in [0.5, 0.6) is 5.75 Å². The smallest absolute Gasteiger partial charge is 0.119 e. The maximum atomic E-state index is 5.22. The van der Waals surface area contributed by atoms with Crippen LogP contribution in [0.4, 0.5) is 0 Å². The van der Waals surface area contributed by atoms with Gasteiger partial charge in [0.15, 0.2) is 0 Å². The molecule has 1 N–H and O–H groups in total. The lowest BCUT2D eigenvalue weighted by Gasteiger charge is -2.16. The zero-order valence-corrected chi connectivity index (χ0v) is 10.2. The molecular weight excluding hydrogens is 198 g/mol. The summed E-state index contributed by atoms with van der Waals surface area (Å²) < 4.78 is 5.22. The summed E-state index contributed by atoms with van der Waals surface area (Å²) in [6.07, 6.45) is 3.97. The van der Waals surface area contributed by atoms with Gasteiger partial charge in [0.25, 0.3) is 0 Å². The van der Waals surface area contributed by atoms with Gasteiger partial charge in [-0.25, -0.2) is 0 Å². The molecule has 1 rings (SSSR count). The maximum absolute atomic E-state index is 5.22. The molecule has 0 amide bonds. The van der Waals surface area contributed by atoms with E-state index in [1.807, 2.05) is 18.2 Å². The third-order valence-electron chi connectivity index (χ3n) is 2.56. The van der Waals surface area contributed by atoms with Crippen molar-refractivity contribution in [2.45, 2.75) is 25.8 Å². The van der Waals surface area contributed by atoms with Crippen LogP contribution < -0.4 is 10.1 Å². The highest BCUT2D eigenvalue weighted by atomic mass is 16.5. The second-order valence-electron chi connectivity index (χ2n) is 3.83. The summed E-state index contributed by atoms with van der Waals surface area (Å²) in [5.41, 5.74) is 1.30. The van der Waals surface area contributed by atoms with Gasteiger partial charge in [0.1, 0.15) is 5.75 Å². The Kier molecular flexibility index (Phi) is 5.65. The second kappa shape index (κ2) is 7.07. The van der Waals surface area contributed by atoms with Crippen molar-refractivity contribution in [3.05, 3.63) is 42.5 Å². The molecule has 0 saturated carbocycles. The molecule has 16 heavy (non-hydrogen) atoms. The average Bonchev–Trinajstić information content (AvgIpc) is 2.30. The van der Waals surface area contributed by atoms with Gasteiger partial charge < -0.3 is 10.1 Å². The fourth-order valence-corrected chi connectivity index (χ4v) is 1.81. The van der Waals surface area contributed by atoms with E-state index in [-0.39, 0.29) is 0 Å². The van der Waals surface area contributed by atoms with Crippen molar-refractivity contribution in [1.82, 2.24) is 5.32 Å². The van der Waals surface area contributed by atoms with Crippen molar-refractivity contribution in [3.8, 4) is 5.75 Å². The minimum Gasteiger partial charge on any atom is -0.497 e. The zero-order chi connectivity index (χ0) is 11.8. The van der Waals surface area contributed by atoms with Gasteiger partial charge in [-0.2, -0.15) is 0 Å². The lowest BCUT2D eigenvalue weighted by molar-refractivity contribution is 0.413. The maximum Gasteiger partial charge on any atom is 0.119 e. The summed E-state index contributed by atoms with van der Waals surface area (Å²) in [7, 11) is 1.70. The normalized spacial score (nSPS) is 12.1. The topological polar surface area (TPSA) is 21.3 Å². The molecule has 0 fully saturated rings. The van der Waals surface area contributed by atoms with E-state index in [0.29, 0.717) is 6.04 Å². The van der Waals surface area contributed by atoms with Crippen LogP contribution in [0.25, 0.3) is 0 Å². The van der Waals surface area contributed by atoms with Crippen LogP contribution in [-0.4, -0.2) is 19.7 Å². The van der Waals surface area contributed by atoms with Gasteiger partial charge in [-0.05, 0) is 37.1 Å². The minimum absolute atomic E-state index is 0.467. The summed E-state index contributed by atoms with van der Waals surface area (Å²) >= 11 is 0. The van der Waals surface area contributed by atoms with E-state index < -0.39 is 0 Å². The fraction of sp³-hybridized carbons (Fsp3) is 0.429. The molecule has 0 heterocycles. The molecule has 88 valence electrons. The van der Waals surface area contributed by atoms with Crippen molar-refractivity contribution >= 4 is 0 Å². The van der Waals surface area contributed by atoms with Crippen molar-refractivity contribution < 1.29 is 4.74 Å². The lowest BCUT2D eigenvalue weighted by Crippen LogP contribution is -2.30. The molecule has 0 aliphatic carbocycles. The molecule has 2 nitrogen and oxygen atoms in total. The lowest BCUT2D eigenvalue weighted by atomic mass is 10.0. The Bertz CT molecular complexity index is 322. The van der Waals surface area contributed by atoms with Crippen LogP contribution in [0.1, 0.15) is 18.9 Å². The second-order valence-corrected chi connectivity index (χ2v) is 3.83. The summed E-state index contributed by atoms with van der Waals surface area (Å²) in [6, 6.07) is 8.70. The van der Waals surface area contributed by atoms with E-state index in [1.165, 1.54) is 5.56 Å². The van der Waals surface area contributed by atoms with E-state index >= 15 is 0 Å². The molecule has 0 bridgehead atoms. The predicted molar refractivity (Wildman–Crippen MR) is 69.0 cm³/mol. The molecule has 1 aromatic carbocycles. The molecule has 0 radical (unpaired) electrons. The molecule has 1 unspecified atom stereocenters.